The fraction of sp³-hybridized carbons (Fsp3) is 0.455. The van der Waals surface area contributed by atoms with Gasteiger partial charge < -0.3 is 19.7 Å². The largest absolute Gasteiger partial charge is 0.508 e. The van der Waals surface area contributed by atoms with E-state index in [4.69, 9.17) is 32.1 Å². The number of hydrogen-bond acceptors (Lipinski definition) is 6. The summed E-state index contributed by atoms with van der Waals surface area (Å²) in [5, 5.41) is 18.9. The molecule has 0 saturated heterocycles. The summed E-state index contributed by atoms with van der Waals surface area (Å²) in [4.78, 5) is 0. The maximum absolute atomic E-state index is 10.1. The van der Waals surface area contributed by atoms with Gasteiger partial charge in [-0.3, -0.25) is 9.11 Å². The van der Waals surface area contributed by atoms with Gasteiger partial charge in [-0.25, -0.2) is 0 Å². The zero-order valence-corrected chi connectivity index (χ0v) is 20.1. The molecule has 2 aromatic rings. The van der Waals surface area contributed by atoms with Crippen LogP contribution in [0.3, 0.4) is 0 Å². The summed E-state index contributed by atoms with van der Waals surface area (Å²) in [5.41, 5.74) is 2.01. The van der Waals surface area contributed by atoms with Gasteiger partial charge in [-0.05, 0) is 34.6 Å². The standard InChI is InChI=1S/C15H24O2.C7H8O2.H2O4S/c1-14(2,3)10-8-11(15(4,5)6)13(17-7)9-12(10)16;1-9-7-4-2-3-6(8)5-7;1-5(2,3)4/h8-9,16H,1-7H3;2-5,8H,1H3;(H2,1,2,3,4). The van der Waals surface area contributed by atoms with E-state index >= 15 is 0 Å². The first kappa shape index (κ1) is 28.5. The second kappa shape index (κ2) is 11.2. The molecule has 0 unspecified atom stereocenters. The molecule has 8 nitrogen and oxygen atoms in total. The first-order valence-corrected chi connectivity index (χ1v) is 10.7. The van der Waals surface area contributed by atoms with E-state index in [0.29, 0.717) is 11.5 Å². The Bertz CT molecular complexity index is 931. The third-order valence-electron chi connectivity index (χ3n) is 3.99. The maximum Gasteiger partial charge on any atom is 0.394 e. The Labute approximate surface area is 185 Å². The number of rotatable bonds is 2. The Balaban J connectivity index is 0.000000533. The molecular formula is C22H34O8S. The molecule has 2 rings (SSSR count). The Morgan fingerprint density at radius 1 is 0.774 bits per heavy atom. The van der Waals surface area contributed by atoms with Gasteiger partial charge in [0.1, 0.15) is 23.0 Å². The number of methoxy groups -OCH3 is 2. The molecule has 0 amide bonds. The average molecular weight is 459 g/mol. The summed E-state index contributed by atoms with van der Waals surface area (Å²) < 4.78 is 41.8. The lowest BCUT2D eigenvalue weighted by Crippen LogP contribution is -2.17. The minimum atomic E-state index is -4.67. The van der Waals surface area contributed by atoms with E-state index < -0.39 is 10.4 Å². The first-order valence-electron chi connectivity index (χ1n) is 9.35. The second-order valence-electron chi connectivity index (χ2n) is 8.72. The lowest BCUT2D eigenvalue weighted by Gasteiger charge is -2.27. The van der Waals surface area contributed by atoms with Gasteiger partial charge in [-0.15, -0.1) is 0 Å². The van der Waals surface area contributed by atoms with Crippen LogP contribution in [0, 0.1) is 0 Å². The minimum Gasteiger partial charge on any atom is -0.508 e. The number of aromatic hydroxyl groups is 2. The smallest absolute Gasteiger partial charge is 0.394 e. The molecule has 0 saturated carbocycles. The fourth-order valence-electron chi connectivity index (χ4n) is 2.54. The highest BCUT2D eigenvalue weighted by Gasteiger charge is 2.25. The van der Waals surface area contributed by atoms with E-state index in [-0.39, 0.29) is 16.6 Å². The molecule has 0 aliphatic rings. The molecule has 0 aliphatic carbocycles. The van der Waals surface area contributed by atoms with Gasteiger partial charge in [0.25, 0.3) is 0 Å². The van der Waals surface area contributed by atoms with Crippen molar-refractivity contribution in [3.05, 3.63) is 47.5 Å². The molecule has 0 spiro atoms. The van der Waals surface area contributed by atoms with Crippen LogP contribution >= 0.6 is 0 Å². The summed E-state index contributed by atoms with van der Waals surface area (Å²) in [6.07, 6.45) is 0. The lowest BCUT2D eigenvalue weighted by molar-refractivity contribution is 0.380. The van der Waals surface area contributed by atoms with E-state index in [2.05, 4.69) is 47.6 Å². The number of benzene rings is 2. The molecular weight excluding hydrogens is 424 g/mol. The molecule has 0 heterocycles. The Morgan fingerprint density at radius 2 is 1.26 bits per heavy atom. The van der Waals surface area contributed by atoms with Gasteiger partial charge in [-0.2, -0.15) is 8.42 Å². The zero-order chi connectivity index (χ0) is 24.6. The van der Waals surface area contributed by atoms with Crippen molar-refractivity contribution in [1.29, 1.82) is 0 Å². The number of phenols is 2. The van der Waals surface area contributed by atoms with Gasteiger partial charge >= 0.3 is 10.4 Å². The van der Waals surface area contributed by atoms with Crippen LogP contribution in [0.1, 0.15) is 52.7 Å². The zero-order valence-electron chi connectivity index (χ0n) is 19.3. The Hall–Kier alpha value is -2.49. The van der Waals surface area contributed by atoms with Crippen molar-refractivity contribution >= 4 is 10.4 Å². The van der Waals surface area contributed by atoms with Crippen molar-refractivity contribution in [2.75, 3.05) is 14.2 Å². The Kier molecular flexibility index (Phi) is 10.3. The third kappa shape index (κ3) is 11.5. The minimum absolute atomic E-state index is 0.000949. The molecule has 31 heavy (non-hydrogen) atoms. The van der Waals surface area contributed by atoms with E-state index in [0.717, 1.165) is 16.9 Å². The average Bonchev–Trinajstić information content (AvgIpc) is 2.58. The van der Waals surface area contributed by atoms with Crippen LogP contribution < -0.4 is 9.47 Å². The van der Waals surface area contributed by atoms with Gasteiger partial charge in [0.2, 0.25) is 0 Å². The molecule has 9 heteroatoms. The monoisotopic (exact) mass is 458 g/mol. The summed E-state index contributed by atoms with van der Waals surface area (Å²) in [7, 11) is -1.46. The van der Waals surface area contributed by atoms with Crippen molar-refractivity contribution < 1.29 is 37.2 Å². The number of hydrogen-bond donors (Lipinski definition) is 4. The fourth-order valence-corrected chi connectivity index (χ4v) is 2.54. The molecule has 0 fully saturated rings. The van der Waals surface area contributed by atoms with Crippen LogP contribution in [0.2, 0.25) is 0 Å². The summed E-state index contributed by atoms with van der Waals surface area (Å²) in [6.45, 7) is 12.7. The highest BCUT2D eigenvalue weighted by molar-refractivity contribution is 7.79. The van der Waals surface area contributed by atoms with Crippen molar-refractivity contribution in [3.63, 3.8) is 0 Å². The summed E-state index contributed by atoms with van der Waals surface area (Å²) >= 11 is 0. The number of phenolic OH excluding ortho intramolecular Hbond substituents is 2. The quantitative estimate of drug-likeness (QED) is 0.474. The van der Waals surface area contributed by atoms with Crippen LogP contribution in [-0.4, -0.2) is 42.0 Å². The first-order chi connectivity index (χ1) is 13.9. The molecule has 176 valence electrons. The van der Waals surface area contributed by atoms with E-state index in [1.54, 1.807) is 44.6 Å². The highest BCUT2D eigenvalue weighted by atomic mass is 32.3. The predicted molar refractivity (Wildman–Crippen MR) is 121 cm³/mol. The van der Waals surface area contributed by atoms with E-state index in [9.17, 15) is 5.11 Å². The van der Waals surface area contributed by atoms with Crippen LogP contribution in [0.15, 0.2) is 36.4 Å². The van der Waals surface area contributed by atoms with Crippen molar-refractivity contribution in [3.8, 4) is 23.0 Å². The SMILES string of the molecule is COc1cc(O)c(C(C)(C)C)cc1C(C)(C)C.COc1cccc(O)c1.O=S(=O)(O)O. The molecule has 0 aromatic heterocycles. The topological polar surface area (TPSA) is 134 Å². The lowest BCUT2D eigenvalue weighted by atomic mass is 9.80. The molecule has 2 aromatic carbocycles. The van der Waals surface area contributed by atoms with E-state index in [1.165, 1.54) is 0 Å². The molecule has 4 N–H and O–H groups in total. The summed E-state index contributed by atoms with van der Waals surface area (Å²) in [6, 6.07) is 10.5. The molecule has 0 atom stereocenters. The maximum atomic E-state index is 10.1. The molecule has 0 bridgehead atoms. The molecule has 0 radical (unpaired) electrons. The van der Waals surface area contributed by atoms with Crippen LogP contribution in [0.4, 0.5) is 0 Å². The van der Waals surface area contributed by atoms with Crippen LogP contribution in [0.25, 0.3) is 0 Å². The second-order valence-corrected chi connectivity index (χ2v) is 9.61. The van der Waals surface area contributed by atoms with Crippen LogP contribution in [-0.2, 0) is 21.2 Å². The van der Waals surface area contributed by atoms with Crippen molar-refractivity contribution in [2.24, 2.45) is 0 Å². The van der Waals surface area contributed by atoms with Crippen molar-refractivity contribution in [1.82, 2.24) is 0 Å². The predicted octanol–water partition coefficient (Wildman–Crippen LogP) is 4.74. The van der Waals surface area contributed by atoms with Crippen LogP contribution in [0.5, 0.6) is 23.0 Å². The van der Waals surface area contributed by atoms with E-state index in [1.807, 2.05) is 0 Å². The van der Waals surface area contributed by atoms with Crippen molar-refractivity contribution in [2.45, 2.75) is 52.4 Å². The summed E-state index contributed by atoms with van der Waals surface area (Å²) in [5.74, 6) is 1.97. The highest BCUT2D eigenvalue weighted by Crippen LogP contribution is 2.40. The van der Waals surface area contributed by atoms with Gasteiger partial charge in [0.15, 0.2) is 0 Å². The van der Waals surface area contributed by atoms with Gasteiger partial charge in [-0.1, -0.05) is 47.6 Å². The Morgan fingerprint density at radius 3 is 1.58 bits per heavy atom. The molecule has 0 aliphatic heterocycles. The van der Waals surface area contributed by atoms with Gasteiger partial charge in [0, 0.05) is 17.7 Å². The number of ether oxygens (including phenoxy) is 2. The van der Waals surface area contributed by atoms with Gasteiger partial charge in [0.05, 0.1) is 14.2 Å². The third-order valence-corrected chi connectivity index (χ3v) is 3.99. The normalized spacial score (nSPS) is 11.4.